The second-order valence-corrected chi connectivity index (χ2v) is 5.32. The highest BCUT2D eigenvalue weighted by atomic mass is 15.1. The number of nitrogens with one attached hydrogen (secondary N) is 2. The molecule has 0 saturated carbocycles. The summed E-state index contributed by atoms with van der Waals surface area (Å²) in [6, 6.07) is 11.2. The fourth-order valence-corrected chi connectivity index (χ4v) is 2.78. The number of fused-ring (bicyclic) bond motifs is 1. The molecule has 0 amide bonds. The highest BCUT2D eigenvalue weighted by Gasteiger charge is 2.18. The Morgan fingerprint density at radius 3 is 2.75 bits per heavy atom. The van der Waals surface area contributed by atoms with Gasteiger partial charge in [-0.2, -0.15) is 4.98 Å². The molecule has 1 atom stereocenters. The van der Waals surface area contributed by atoms with Gasteiger partial charge in [-0.3, -0.25) is 0 Å². The Morgan fingerprint density at radius 2 is 1.95 bits per heavy atom. The third-order valence-electron chi connectivity index (χ3n) is 3.78. The molecule has 1 heterocycles. The van der Waals surface area contributed by atoms with E-state index in [1.54, 1.807) is 0 Å². The van der Waals surface area contributed by atoms with Crippen LogP contribution in [-0.4, -0.2) is 23.1 Å². The van der Waals surface area contributed by atoms with Crippen molar-refractivity contribution in [2.45, 2.75) is 32.2 Å². The molecule has 0 saturated heterocycles. The van der Waals surface area contributed by atoms with Gasteiger partial charge in [0.15, 0.2) is 0 Å². The molecule has 0 spiro atoms. The fourth-order valence-electron chi connectivity index (χ4n) is 2.78. The van der Waals surface area contributed by atoms with Crippen LogP contribution in [0.5, 0.6) is 0 Å². The Labute approximate surface area is 119 Å². The van der Waals surface area contributed by atoms with Gasteiger partial charge in [0.05, 0.1) is 0 Å². The summed E-state index contributed by atoms with van der Waals surface area (Å²) in [6.07, 6.45) is 3.35. The Bertz CT molecular complexity index is 609. The summed E-state index contributed by atoms with van der Waals surface area (Å²) in [5.41, 5.74) is 3.92. The summed E-state index contributed by atoms with van der Waals surface area (Å²) in [4.78, 5) is 8.79. The van der Waals surface area contributed by atoms with Crippen LogP contribution in [0.4, 0.5) is 11.8 Å². The lowest BCUT2D eigenvalue weighted by molar-refractivity contribution is 0.608. The van der Waals surface area contributed by atoms with Crippen LogP contribution in [0, 0.1) is 6.92 Å². The van der Waals surface area contributed by atoms with E-state index in [0.29, 0.717) is 12.0 Å². The van der Waals surface area contributed by atoms with Crippen LogP contribution < -0.4 is 10.6 Å². The van der Waals surface area contributed by atoms with Crippen LogP contribution >= 0.6 is 0 Å². The van der Waals surface area contributed by atoms with Gasteiger partial charge in [0.2, 0.25) is 5.95 Å². The molecule has 3 rings (SSSR count). The minimum Gasteiger partial charge on any atom is -0.367 e. The summed E-state index contributed by atoms with van der Waals surface area (Å²) >= 11 is 0. The van der Waals surface area contributed by atoms with Gasteiger partial charge in [-0.1, -0.05) is 24.3 Å². The molecule has 4 heteroatoms. The first kappa shape index (κ1) is 12.9. The van der Waals surface area contributed by atoms with Gasteiger partial charge >= 0.3 is 0 Å². The number of benzene rings is 1. The van der Waals surface area contributed by atoms with Crippen LogP contribution in [-0.2, 0) is 12.8 Å². The van der Waals surface area contributed by atoms with E-state index < -0.39 is 0 Å². The van der Waals surface area contributed by atoms with E-state index in [2.05, 4.69) is 44.9 Å². The number of aryl methyl sites for hydroxylation is 2. The Hall–Kier alpha value is -2.10. The zero-order valence-electron chi connectivity index (χ0n) is 12.0. The van der Waals surface area contributed by atoms with Crippen LogP contribution in [0.1, 0.15) is 23.2 Å². The summed E-state index contributed by atoms with van der Waals surface area (Å²) in [5.74, 6) is 1.58. The predicted octanol–water partition coefficient (Wildman–Crippen LogP) is 2.80. The Kier molecular flexibility index (Phi) is 3.54. The van der Waals surface area contributed by atoms with Crippen molar-refractivity contribution in [1.29, 1.82) is 0 Å². The number of aromatic nitrogens is 2. The minimum atomic E-state index is 0.448. The van der Waals surface area contributed by atoms with Gasteiger partial charge < -0.3 is 10.6 Å². The highest BCUT2D eigenvalue weighted by Crippen LogP contribution is 2.23. The van der Waals surface area contributed by atoms with Crippen molar-refractivity contribution in [1.82, 2.24) is 9.97 Å². The lowest BCUT2D eigenvalue weighted by atomic mass is 9.88. The lowest BCUT2D eigenvalue weighted by Gasteiger charge is -2.26. The smallest absolute Gasteiger partial charge is 0.224 e. The molecule has 0 fully saturated rings. The average molecular weight is 268 g/mol. The molecule has 0 radical (unpaired) electrons. The van der Waals surface area contributed by atoms with Gasteiger partial charge in [-0.25, -0.2) is 4.98 Å². The zero-order valence-corrected chi connectivity index (χ0v) is 12.0. The molecule has 2 N–H and O–H groups in total. The van der Waals surface area contributed by atoms with Gasteiger partial charge in [0, 0.05) is 24.8 Å². The third kappa shape index (κ3) is 2.74. The van der Waals surface area contributed by atoms with Crippen molar-refractivity contribution in [2.75, 3.05) is 17.7 Å². The van der Waals surface area contributed by atoms with E-state index >= 15 is 0 Å². The molecule has 0 aliphatic heterocycles. The quantitative estimate of drug-likeness (QED) is 0.898. The summed E-state index contributed by atoms with van der Waals surface area (Å²) in [7, 11) is 1.84. The van der Waals surface area contributed by atoms with Crippen LogP contribution in [0.3, 0.4) is 0 Å². The first-order chi connectivity index (χ1) is 9.74. The van der Waals surface area contributed by atoms with Gasteiger partial charge in [0.1, 0.15) is 5.82 Å². The highest BCUT2D eigenvalue weighted by molar-refractivity contribution is 5.44. The fraction of sp³-hybridized carbons (Fsp3) is 0.375. The molecule has 1 aromatic heterocycles. The first-order valence-electron chi connectivity index (χ1n) is 7.11. The standard InChI is InChI=1S/C16H20N4/c1-11-9-15(20-16(17-2)18-11)19-14-8-7-12-5-3-4-6-13(12)10-14/h3-6,9,14H,7-8,10H2,1-2H3,(H2,17,18,19,20). The SMILES string of the molecule is CNc1nc(C)cc(NC2CCc3ccccc3C2)n1. The van der Waals surface area contributed by atoms with E-state index in [0.717, 1.165) is 30.8 Å². The maximum Gasteiger partial charge on any atom is 0.224 e. The molecule has 0 bridgehead atoms. The number of hydrogen-bond donors (Lipinski definition) is 2. The molecular formula is C16H20N4. The molecule has 104 valence electrons. The first-order valence-corrected chi connectivity index (χ1v) is 7.11. The third-order valence-corrected chi connectivity index (χ3v) is 3.78. The second kappa shape index (κ2) is 5.49. The molecular weight excluding hydrogens is 248 g/mol. The van der Waals surface area contributed by atoms with E-state index in [4.69, 9.17) is 0 Å². The van der Waals surface area contributed by atoms with Crippen molar-refractivity contribution in [3.8, 4) is 0 Å². The number of anilines is 2. The lowest BCUT2D eigenvalue weighted by Crippen LogP contribution is -2.27. The largest absolute Gasteiger partial charge is 0.367 e. The molecule has 1 aromatic carbocycles. The number of rotatable bonds is 3. The predicted molar refractivity (Wildman–Crippen MR) is 82.2 cm³/mol. The second-order valence-electron chi connectivity index (χ2n) is 5.32. The maximum atomic E-state index is 4.47. The Morgan fingerprint density at radius 1 is 1.15 bits per heavy atom. The van der Waals surface area contributed by atoms with Crippen molar-refractivity contribution in [3.05, 3.63) is 47.2 Å². The molecule has 20 heavy (non-hydrogen) atoms. The van der Waals surface area contributed by atoms with Gasteiger partial charge in [0.25, 0.3) is 0 Å². The molecule has 4 nitrogen and oxygen atoms in total. The van der Waals surface area contributed by atoms with E-state index in [9.17, 15) is 0 Å². The maximum absolute atomic E-state index is 4.47. The zero-order chi connectivity index (χ0) is 13.9. The molecule has 1 aliphatic carbocycles. The van der Waals surface area contributed by atoms with Crippen LogP contribution in [0.2, 0.25) is 0 Å². The average Bonchev–Trinajstić information content (AvgIpc) is 2.46. The Balaban J connectivity index is 1.75. The summed E-state index contributed by atoms with van der Waals surface area (Å²) < 4.78 is 0. The number of nitrogens with zero attached hydrogens (tertiary/aromatic N) is 2. The normalized spacial score (nSPS) is 17.4. The van der Waals surface area contributed by atoms with E-state index in [1.165, 1.54) is 11.1 Å². The molecule has 1 unspecified atom stereocenters. The van der Waals surface area contributed by atoms with E-state index in [1.807, 2.05) is 20.0 Å². The van der Waals surface area contributed by atoms with Crippen molar-refractivity contribution in [2.24, 2.45) is 0 Å². The molecule has 1 aliphatic rings. The van der Waals surface area contributed by atoms with Gasteiger partial charge in [-0.15, -0.1) is 0 Å². The number of hydrogen-bond acceptors (Lipinski definition) is 4. The molecule has 2 aromatic rings. The van der Waals surface area contributed by atoms with Crippen LogP contribution in [0.25, 0.3) is 0 Å². The van der Waals surface area contributed by atoms with Gasteiger partial charge in [-0.05, 0) is 37.3 Å². The van der Waals surface area contributed by atoms with E-state index in [-0.39, 0.29) is 0 Å². The minimum absolute atomic E-state index is 0.448. The van der Waals surface area contributed by atoms with Crippen molar-refractivity contribution >= 4 is 11.8 Å². The van der Waals surface area contributed by atoms with Crippen molar-refractivity contribution in [3.63, 3.8) is 0 Å². The topological polar surface area (TPSA) is 49.8 Å². The van der Waals surface area contributed by atoms with Crippen molar-refractivity contribution < 1.29 is 0 Å². The summed E-state index contributed by atoms with van der Waals surface area (Å²) in [5, 5.41) is 6.55. The summed E-state index contributed by atoms with van der Waals surface area (Å²) in [6.45, 7) is 1.99. The van der Waals surface area contributed by atoms with Crippen LogP contribution in [0.15, 0.2) is 30.3 Å². The monoisotopic (exact) mass is 268 g/mol.